The predicted octanol–water partition coefficient (Wildman–Crippen LogP) is 2.10. The molecule has 2 aromatic rings. The third kappa shape index (κ3) is 5.34. The van der Waals surface area contributed by atoms with E-state index in [2.05, 4.69) is 20.5 Å². The number of pyridine rings is 1. The number of hydrogen-bond acceptors (Lipinski definition) is 5. The summed E-state index contributed by atoms with van der Waals surface area (Å²) in [6, 6.07) is 11.4. The maximum atomic E-state index is 12.2. The van der Waals surface area contributed by atoms with Gasteiger partial charge in [0.15, 0.2) is 0 Å². The van der Waals surface area contributed by atoms with Gasteiger partial charge in [0, 0.05) is 26.2 Å². The molecule has 1 fully saturated rings. The van der Waals surface area contributed by atoms with E-state index in [0.717, 1.165) is 43.2 Å². The van der Waals surface area contributed by atoms with Crippen molar-refractivity contribution in [3.8, 4) is 5.75 Å². The molecule has 25 heavy (non-hydrogen) atoms. The van der Waals surface area contributed by atoms with E-state index in [4.69, 9.17) is 4.74 Å². The highest BCUT2D eigenvalue weighted by Crippen LogP contribution is 2.16. The Labute approximate surface area is 154 Å². The van der Waals surface area contributed by atoms with Crippen LogP contribution < -0.4 is 20.3 Å². The van der Waals surface area contributed by atoms with Gasteiger partial charge in [0.1, 0.15) is 11.6 Å². The van der Waals surface area contributed by atoms with Gasteiger partial charge in [-0.15, -0.1) is 12.4 Å². The molecule has 0 spiro atoms. The summed E-state index contributed by atoms with van der Waals surface area (Å²) in [6.45, 7) is 3.92. The minimum atomic E-state index is -0.0920. The van der Waals surface area contributed by atoms with E-state index in [9.17, 15) is 4.79 Å². The first-order valence-corrected chi connectivity index (χ1v) is 8.09. The van der Waals surface area contributed by atoms with E-state index in [0.29, 0.717) is 12.2 Å². The van der Waals surface area contributed by atoms with Gasteiger partial charge in [-0.1, -0.05) is 12.1 Å². The highest BCUT2D eigenvalue weighted by atomic mass is 35.5. The summed E-state index contributed by atoms with van der Waals surface area (Å²) >= 11 is 0. The first kappa shape index (κ1) is 19.0. The zero-order valence-corrected chi connectivity index (χ0v) is 15.0. The molecule has 1 saturated heterocycles. The molecule has 1 aliphatic heterocycles. The molecule has 0 bridgehead atoms. The number of carbonyl (C=O) groups is 1. The van der Waals surface area contributed by atoms with Gasteiger partial charge in [-0.05, 0) is 29.8 Å². The summed E-state index contributed by atoms with van der Waals surface area (Å²) in [5.41, 5.74) is 1.99. The van der Waals surface area contributed by atoms with E-state index in [1.165, 1.54) is 0 Å². The maximum Gasteiger partial charge on any atom is 0.229 e. The number of nitrogens with zero attached hydrogens (tertiary/aromatic N) is 2. The standard InChI is InChI=1S/C18H22N4O2.ClH/c1-24-16-4-2-3-14(11-16)12-18(23)21-17-6-5-15(13-20-17)22-9-7-19-8-10-22;/h2-6,11,13,19H,7-10,12H2,1H3,(H,20,21,23);1H. The fourth-order valence-corrected chi connectivity index (χ4v) is 2.72. The third-order valence-corrected chi connectivity index (χ3v) is 4.00. The number of rotatable bonds is 5. The number of hydrogen-bond donors (Lipinski definition) is 2. The number of aromatic nitrogens is 1. The number of benzene rings is 1. The monoisotopic (exact) mass is 362 g/mol. The largest absolute Gasteiger partial charge is 0.497 e. The maximum absolute atomic E-state index is 12.2. The van der Waals surface area contributed by atoms with E-state index >= 15 is 0 Å². The Bertz CT molecular complexity index is 688. The highest BCUT2D eigenvalue weighted by Gasteiger charge is 2.11. The smallest absolute Gasteiger partial charge is 0.229 e. The van der Waals surface area contributed by atoms with Crippen molar-refractivity contribution in [3.05, 3.63) is 48.2 Å². The summed E-state index contributed by atoms with van der Waals surface area (Å²) in [5.74, 6) is 1.23. The van der Waals surface area contributed by atoms with Crippen LogP contribution in [0.15, 0.2) is 42.6 Å². The van der Waals surface area contributed by atoms with Crippen molar-refractivity contribution in [1.29, 1.82) is 0 Å². The van der Waals surface area contributed by atoms with Crippen molar-refractivity contribution in [2.24, 2.45) is 0 Å². The second kappa shape index (κ2) is 9.25. The summed E-state index contributed by atoms with van der Waals surface area (Å²) in [7, 11) is 1.61. The fraction of sp³-hybridized carbons (Fsp3) is 0.333. The molecule has 1 aromatic heterocycles. The minimum absolute atomic E-state index is 0. The molecule has 0 radical (unpaired) electrons. The quantitative estimate of drug-likeness (QED) is 0.852. The van der Waals surface area contributed by atoms with Crippen LogP contribution in [-0.2, 0) is 11.2 Å². The van der Waals surface area contributed by atoms with Crippen LogP contribution in [0.1, 0.15) is 5.56 Å². The molecule has 2 N–H and O–H groups in total. The number of methoxy groups -OCH3 is 1. The number of ether oxygens (including phenoxy) is 1. The van der Waals surface area contributed by atoms with Crippen molar-refractivity contribution in [2.75, 3.05) is 43.5 Å². The molecule has 0 aliphatic carbocycles. The van der Waals surface area contributed by atoms with Crippen molar-refractivity contribution >= 4 is 29.8 Å². The van der Waals surface area contributed by atoms with Gasteiger partial charge < -0.3 is 20.3 Å². The van der Waals surface area contributed by atoms with Gasteiger partial charge in [-0.25, -0.2) is 4.98 Å². The van der Waals surface area contributed by atoms with Gasteiger partial charge in [0.25, 0.3) is 0 Å². The SMILES string of the molecule is COc1cccc(CC(=O)Nc2ccc(N3CCNCC3)cn2)c1.Cl. The van der Waals surface area contributed by atoms with Crippen LogP contribution in [0.5, 0.6) is 5.75 Å². The van der Waals surface area contributed by atoms with E-state index in [-0.39, 0.29) is 18.3 Å². The minimum Gasteiger partial charge on any atom is -0.497 e. The van der Waals surface area contributed by atoms with Crippen molar-refractivity contribution in [2.45, 2.75) is 6.42 Å². The molecule has 3 rings (SSSR count). The summed E-state index contributed by atoms with van der Waals surface area (Å²) in [4.78, 5) is 18.8. The van der Waals surface area contributed by atoms with Crippen LogP contribution in [0, 0.1) is 0 Å². The van der Waals surface area contributed by atoms with Crippen molar-refractivity contribution < 1.29 is 9.53 Å². The lowest BCUT2D eigenvalue weighted by Crippen LogP contribution is -2.43. The lowest BCUT2D eigenvalue weighted by Gasteiger charge is -2.29. The van der Waals surface area contributed by atoms with Gasteiger partial charge in [-0.3, -0.25) is 4.79 Å². The van der Waals surface area contributed by atoms with E-state index in [1.807, 2.05) is 42.6 Å². The number of nitrogens with one attached hydrogen (secondary N) is 2. The highest BCUT2D eigenvalue weighted by molar-refractivity contribution is 5.91. The molecule has 1 aromatic carbocycles. The van der Waals surface area contributed by atoms with Crippen LogP contribution in [-0.4, -0.2) is 44.2 Å². The van der Waals surface area contributed by atoms with Crippen LogP contribution in [0.2, 0.25) is 0 Å². The third-order valence-electron chi connectivity index (χ3n) is 4.00. The van der Waals surface area contributed by atoms with Gasteiger partial charge >= 0.3 is 0 Å². The summed E-state index contributed by atoms with van der Waals surface area (Å²) < 4.78 is 5.17. The first-order chi connectivity index (χ1) is 11.7. The van der Waals surface area contributed by atoms with Gasteiger partial charge in [-0.2, -0.15) is 0 Å². The van der Waals surface area contributed by atoms with Crippen LogP contribution in [0.3, 0.4) is 0 Å². The lowest BCUT2D eigenvalue weighted by molar-refractivity contribution is -0.115. The molecule has 0 unspecified atom stereocenters. The Balaban J connectivity index is 0.00000225. The number of piperazine rings is 1. The topological polar surface area (TPSA) is 66.5 Å². The lowest BCUT2D eigenvalue weighted by atomic mass is 10.1. The van der Waals surface area contributed by atoms with Crippen LogP contribution in [0.4, 0.5) is 11.5 Å². The molecular weight excluding hydrogens is 340 g/mol. The zero-order valence-electron chi connectivity index (χ0n) is 14.2. The number of amides is 1. The van der Waals surface area contributed by atoms with Gasteiger partial charge in [0.05, 0.1) is 25.4 Å². The van der Waals surface area contributed by atoms with E-state index < -0.39 is 0 Å². The predicted molar refractivity (Wildman–Crippen MR) is 102 cm³/mol. The van der Waals surface area contributed by atoms with Crippen LogP contribution >= 0.6 is 12.4 Å². The molecular formula is C18H23ClN4O2. The van der Waals surface area contributed by atoms with E-state index in [1.54, 1.807) is 7.11 Å². The molecule has 6 nitrogen and oxygen atoms in total. The second-order valence-electron chi connectivity index (χ2n) is 5.72. The normalized spacial score (nSPS) is 13.7. The Hall–Kier alpha value is -2.31. The molecule has 0 atom stereocenters. The average Bonchev–Trinajstić information content (AvgIpc) is 2.63. The molecule has 1 amide bonds. The molecule has 134 valence electrons. The average molecular weight is 363 g/mol. The van der Waals surface area contributed by atoms with Gasteiger partial charge in [0.2, 0.25) is 5.91 Å². The summed E-state index contributed by atoms with van der Waals surface area (Å²) in [5, 5.41) is 6.16. The fourth-order valence-electron chi connectivity index (χ4n) is 2.72. The summed E-state index contributed by atoms with van der Waals surface area (Å²) in [6.07, 6.45) is 2.10. The van der Waals surface area contributed by atoms with Crippen molar-refractivity contribution in [3.63, 3.8) is 0 Å². The zero-order chi connectivity index (χ0) is 16.8. The first-order valence-electron chi connectivity index (χ1n) is 8.09. The Morgan fingerprint density at radius 1 is 1.28 bits per heavy atom. The Morgan fingerprint density at radius 3 is 2.76 bits per heavy atom. The number of carbonyl (C=O) groups excluding carboxylic acids is 1. The Morgan fingerprint density at radius 2 is 2.08 bits per heavy atom. The number of halogens is 1. The van der Waals surface area contributed by atoms with Crippen LogP contribution in [0.25, 0.3) is 0 Å². The molecule has 0 saturated carbocycles. The second-order valence-corrected chi connectivity index (χ2v) is 5.72. The number of anilines is 2. The van der Waals surface area contributed by atoms with Crippen molar-refractivity contribution in [1.82, 2.24) is 10.3 Å². The Kier molecular flexibility index (Phi) is 7.03. The molecule has 7 heteroatoms. The molecule has 2 heterocycles. The molecule has 1 aliphatic rings.